The number of rotatable bonds is 6. The summed E-state index contributed by atoms with van der Waals surface area (Å²) < 4.78 is 5.15. The summed E-state index contributed by atoms with van der Waals surface area (Å²) in [5.41, 5.74) is 0. The van der Waals surface area contributed by atoms with E-state index in [1.165, 1.54) is 11.3 Å². The van der Waals surface area contributed by atoms with Crippen molar-refractivity contribution in [3.8, 4) is 5.75 Å². The zero-order valence-corrected chi connectivity index (χ0v) is 10.7. The number of carbonyl (C=O) groups excluding carboxylic acids is 1. The Kier molecular flexibility index (Phi) is 5.28. The van der Waals surface area contributed by atoms with Gasteiger partial charge in [0, 0.05) is 11.4 Å². The normalized spacial score (nSPS) is 10.2. The van der Waals surface area contributed by atoms with Gasteiger partial charge in [-0.3, -0.25) is 4.79 Å². The molecular formula is C11H18N2O2S. The van der Waals surface area contributed by atoms with Crippen molar-refractivity contribution in [3.05, 3.63) is 15.8 Å². The number of methoxy groups -OCH3 is 1. The maximum Gasteiger partial charge on any atom is 0.265 e. The number of amides is 1. The minimum Gasteiger partial charge on any atom is -0.495 e. The molecule has 0 aliphatic heterocycles. The molecule has 1 heterocycles. The molecule has 0 saturated heterocycles. The molecule has 1 aromatic rings. The number of aryl methyl sites for hydroxylation is 1. The average Bonchev–Trinajstić information content (AvgIpc) is 2.65. The first-order valence-corrected chi connectivity index (χ1v) is 6.08. The lowest BCUT2D eigenvalue weighted by molar-refractivity contribution is 0.0954. The van der Waals surface area contributed by atoms with Gasteiger partial charge < -0.3 is 15.4 Å². The fourth-order valence-corrected chi connectivity index (χ4v) is 2.24. The van der Waals surface area contributed by atoms with E-state index >= 15 is 0 Å². The molecule has 1 amide bonds. The van der Waals surface area contributed by atoms with Crippen LogP contribution < -0.4 is 15.4 Å². The van der Waals surface area contributed by atoms with Crippen molar-refractivity contribution in [2.45, 2.75) is 13.3 Å². The molecule has 1 aromatic heterocycles. The summed E-state index contributed by atoms with van der Waals surface area (Å²) in [7, 11) is 3.48. The molecule has 0 spiro atoms. The highest BCUT2D eigenvalue weighted by Crippen LogP contribution is 2.28. The Morgan fingerprint density at radius 2 is 2.25 bits per heavy atom. The second-order valence-electron chi connectivity index (χ2n) is 3.47. The highest BCUT2D eigenvalue weighted by molar-refractivity contribution is 7.14. The molecule has 1 rings (SSSR count). The van der Waals surface area contributed by atoms with Gasteiger partial charge in [0.05, 0.1) is 7.11 Å². The van der Waals surface area contributed by atoms with E-state index < -0.39 is 0 Å². The van der Waals surface area contributed by atoms with Crippen LogP contribution in [0.3, 0.4) is 0 Å². The first kappa shape index (κ1) is 13.0. The average molecular weight is 242 g/mol. The monoisotopic (exact) mass is 242 g/mol. The zero-order chi connectivity index (χ0) is 12.0. The number of hydrogen-bond donors (Lipinski definition) is 2. The third-order valence-corrected chi connectivity index (χ3v) is 3.17. The molecule has 0 saturated carbocycles. The molecule has 5 heteroatoms. The Morgan fingerprint density at radius 3 is 2.88 bits per heavy atom. The summed E-state index contributed by atoms with van der Waals surface area (Å²) in [5, 5.41) is 5.91. The van der Waals surface area contributed by atoms with Crippen LogP contribution in [0.1, 0.15) is 21.0 Å². The molecule has 2 N–H and O–H groups in total. The number of carbonyl (C=O) groups is 1. The van der Waals surface area contributed by atoms with Gasteiger partial charge in [0.25, 0.3) is 5.91 Å². The number of nitrogens with one attached hydrogen (secondary N) is 2. The number of thiophene rings is 1. The molecule has 4 nitrogen and oxygen atoms in total. The Labute approximate surface area is 100 Å². The molecule has 0 fully saturated rings. The lowest BCUT2D eigenvalue weighted by Gasteiger charge is -2.04. The van der Waals surface area contributed by atoms with Crippen molar-refractivity contribution in [1.82, 2.24) is 10.6 Å². The van der Waals surface area contributed by atoms with Crippen LogP contribution in [0.5, 0.6) is 5.75 Å². The third kappa shape index (κ3) is 3.50. The van der Waals surface area contributed by atoms with Crippen molar-refractivity contribution < 1.29 is 9.53 Å². The van der Waals surface area contributed by atoms with Crippen molar-refractivity contribution >= 4 is 17.2 Å². The van der Waals surface area contributed by atoms with Crippen LogP contribution in [0.2, 0.25) is 0 Å². The van der Waals surface area contributed by atoms with E-state index in [1.54, 1.807) is 7.11 Å². The first-order valence-electron chi connectivity index (χ1n) is 5.26. The zero-order valence-electron chi connectivity index (χ0n) is 9.92. The second-order valence-corrected chi connectivity index (χ2v) is 4.72. The SMILES string of the molecule is CNCCCNC(=O)c1sc(C)cc1OC. The molecular weight excluding hydrogens is 224 g/mol. The van der Waals surface area contributed by atoms with Crippen LogP contribution in [0.15, 0.2) is 6.07 Å². The largest absolute Gasteiger partial charge is 0.495 e. The lowest BCUT2D eigenvalue weighted by atomic mass is 10.3. The van der Waals surface area contributed by atoms with Gasteiger partial charge in [0.2, 0.25) is 0 Å². The van der Waals surface area contributed by atoms with E-state index in [2.05, 4.69) is 10.6 Å². The Bertz CT molecular complexity index is 350. The van der Waals surface area contributed by atoms with Crippen molar-refractivity contribution in [2.75, 3.05) is 27.2 Å². The Balaban J connectivity index is 2.51. The summed E-state index contributed by atoms with van der Waals surface area (Å²) in [6.45, 7) is 3.55. The van der Waals surface area contributed by atoms with Crippen LogP contribution in [0.4, 0.5) is 0 Å². The minimum absolute atomic E-state index is 0.0500. The summed E-state index contributed by atoms with van der Waals surface area (Å²) in [5.74, 6) is 0.611. The fourth-order valence-electron chi connectivity index (χ4n) is 1.35. The fraction of sp³-hybridized carbons (Fsp3) is 0.545. The van der Waals surface area contributed by atoms with E-state index in [-0.39, 0.29) is 5.91 Å². The lowest BCUT2D eigenvalue weighted by Crippen LogP contribution is -2.26. The van der Waals surface area contributed by atoms with Gasteiger partial charge in [-0.15, -0.1) is 11.3 Å². The van der Waals surface area contributed by atoms with Gasteiger partial charge in [-0.1, -0.05) is 0 Å². The van der Waals surface area contributed by atoms with Crippen LogP contribution in [0.25, 0.3) is 0 Å². The smallest absolute Gasteiger partial charge is 0.265 e. The molecule has 0 radical (unpaired) electrons. The van der Waals surface area contributed by atoms with Gasteiger partial charge in [-0.25, -0.2) is 0 Å². The van der Waals surface area contributed by atoms with Crippen LogP contribution >= 0.6 is 11.3 Å². The van der Waals surface area contributed by atoms with E-state index in [4.69, 9.17) is 4.74 Å². The van der Waals surface area contributed by atoms with E-state index in [0.717, 1.165) is 17.8 Å². The molecule has 90 valence electrons. The van der Waals surface area contributed by atoms with Gasteiger partial charge in [-0.2, -0.15) is 0 Å². The molecule has 16 heavy (non-hydrogen) atoms. The van der Waals surface area contributed by atoms with Gasteiger partial charge >= 0.3 is 0 Å². The topological polar surface area (TPSA) is 50.4 Å². The van der Waals surface area contributed by atoms with Crippen molar-refractivity contribution in [1.29, 1.82) is 0 Å². The Morgan fingerprint density at radius 1 is 1.50 bits per heavy atom. The van der Waals surface area contributed by atoms with Crippen LogP contribution in [0, 0.1) is 6.92 Å². The van der Waals surface area contributed by atoms with E-state index in [9.17, 15) is 4.79 Å². The molecule has 0 atom stereocenters. The predicted molar refractivity (Wildman–Crippen MR) is 66.5 cm³/mol. The first-order chi connectivity index (χ1) is 7.69. The maximum absolute atomic E-state index is 11.8. The quantitative estimate of drug-likeness (QED) is 0.741. The third-order valence-electron chi connectivity index (χ3n) is 2.14. The van der Waals surface area contributed by atoms with Gasteiger partial charge in [0.1, 0.15) is 10.6 Å². The Hall–Kier alpha value is -1.07. The van der Waals surface area contributed by atoms with Crippen molar-refractivity contribution in [3.63, 3.8) is 0 Å². The summed E-state index contributed by atoms with van der Waals surface area (Å²) >= 11 is 1.46. The molecule has 0 aromatic carbocycles. The molecule has 0 unspecified atom stereocenters. The molecule has 0 bridgehead atoms. The molecule has 0 aliphatic carbocycles. The minimum atomic E-state index is -0.0500. The standard InChI is InChI=1S/C11H18N2O2S/c1-8-7-9(15-3)10(16-8)11(14)13-6-4-5-12-2/h7,12H,4-6H2,1-3H3,(H,13,14). The van der Waals surface area contributed by atoms with E-state index in [1.807, 2.05) is 20.0 Å². The number of hydrogen-bond acceptors (Lipinski definition) is 4. The number of ether oxygens (including phenoxy) is 1. The molecule has 0 aliphatic rings. The predicted octanol–water partition coefficient (Wildman–Crippen LogP) is 1.40. The van der Waals surface area contributed by atoms with Crippen LogP contribution in [-0.2, 0) is 0 Å². The maximum atomic E-state index is 11.8. The highest BCUT2D eigenvalue weighted by atomic mass is 32.1. The van der Waals surface area contributed by atoms with Gasteiger partial charge in [-0.05, 0) is 33.0 Å². The summed E-state index contributed by atoms with van der Waals surface area (Å²) in [6.07, 6.45) is 0.926. The van der Waals surface area contributed by atoms with Gasteiger partial charge in [0.15, 0.2) is 0 Å². The second kappa shape index (κ2) is 6.50. The van der Waals surface area contributed by atoms with Crippen molar-refractivity contribution in [2.24, 2.45) is 0 Å². The summed E-state index contributed by atoms with van der Waals surface area (Å²) in [6, 6.07) is 1.88. The van der Waals surface area contributed by atoms with E-state index in [0.29, 0.717) is 17.2 Å². The van der Waals surface area contributed by atoms with Crippen LogP contribution in [-0.4, -0.2) is 33.2 Å². The summed E-state index contributed by atoms with van der Waals surface area (Å²) in [4.78, 5) is 13.5. The highest BCUT2D eigenvalue weighted by Gasteiger charge is 2.14.